The summed E-state index contributed by atoms with van der Waals surface area (Å²) in [4.78, 5) is 12.5. The third-order valence-corrected chi connectivity index (χ3v) is 4.77. The number of phenols is 3. The number of imidazole rings is 1. The fourth-order valence-electron chi connectivity index (χ4n) is 3.26. The first kappa shape index (κ1) is 19.1. The van der Waals surface area contributed by atoms with Gasteiger partial charge in [-0.25, -0.2) is 15.0 Å². The molecule has 3 aromatic rings. The molecule has 29 heavy (non-hydrogen) atoms. The minimum absolute atomic E-state index is 0.0230. The van der Waals surface area contributed by atoms with E-state index >= 15 is 0 Å². The average molecular weight is 405 g/mol. The summed E-state index contributed by atoms with van der Waals surface area (Å²) in [7, 11) is 0. The minimum Gasteiger partial charge on any atom is -0.508 e. The van der Waals surface area contributed by atoms with E-state index in [2.05, 4.69) is 20.3 Å². The van der Waals surface area contributed by atoms with E-state index in [-0.39, 0.29) is 35.2 Å². The molecule has 0 radical (unpaired) electrons. The van der Waals surface area contributed by atoms with Crippen molar-refractivity contribution in [3.05, 3.63) is 30.4 Å². The van der Waals surface area contributed by atoms with Gasteiger partial charge in [0.1, 0.15) is 41.9 Å². The second-order valence-corrected chi connectivity index (χ2v) is 6.59. The lowest BCUT2D eigenvalue weighted by Crippen LogP contribution is -2.33. The molecule has 1 aliphatic rings. The molecule has 0 aliphatic carbocycles. The average Bonchev–Trinajstić information content (AvgIpc) is 3.23. The lowest BCUT2D eigenvalue weighted by Gasteiger charge is -2.16. The highest BCUT2D eigenvalue weighted by molar-refractivity contribution is 5.82. The zero-order chi connectivity index (χ0) is 20.7. The molecule has 12 nitrogen and oxygen atoms in total. The van der Waals surface area contributed by atoms with Gasteiger partial charge in [-0.1, -0.05) is 0 Å². The quantitative estimate of drug-likeness (QED) is 0.281. The van der Waals surface area contributed by atoms with Gasteiger partial charge in [0.2, 0.25) is 0 Å². The van der Waals surface area contributed by atoms with Gasteiger partial charge in [-0.2, -0.15) is 0 Å². The fraction of sp³-hybridized carbons (Fsp3) is 0.353. The van der Waals surface area contributed by atoms with Gasteiger partial charge >= 0.3 is 0 Å². The molecular weight excluding hydrogens is 386 g/mol. The first-order valence-electron chi connectivity index (χ1n) is 8.68. The first-order valence-corrected chi connectivity index (χ1v) is 8.68. The summed E-state index contributed by atoms with van der Waals surface area (Å²) in [6.45, 7) is -0.479. The summed E-state index contributed by atoms with van der Waals surface area (Å²) < 4.78 is 6.92. The van der Waals surface area contributed by atoms with E-state index < -0.39 is 31.1 Å². The van der Waals surface area contributed by atoms with Crippen LogP contribution in [0.15, 0.2) is 24.8 Å². The molecule has 0 amide bonds. The number of aromatic hydroxyl groups is 3. The first-order chi connectivity index (χ1) is 13.9. The molecule has 7 N–H and O–H groups in total. The van der Waals surface area contributed by atoms with E-state index in [0.29, 0.717) is 11.2 Å². The molecule has 0 spiro atoms. The molecule has 0 bridgehead atoms. The highest BCUT2D eigenvalue weighted by atomic mass is 16.6. The highest BCUT2D eigenvalue weighted by Gasteiger charge is 2.44. The number of phenolic OH excluding ortho intramolecular Hbond substituents is 3. The van der Waals surface area contributed by atoms with Gasteiger partial charge in [-0.15, -0.1) is 0 Å². The van der Waals surface area contributed by atoms with Crippen molar-refractivity contribution in [3.63, 3.8) is 0 Å². The Morgan fingerprint density at radius 2 is 1.76 bits per heavy atom. The van der Waals surface area contributed by atoms with Crippen molar-refractivity contribution in [1.82, 2.24) is 19.5 Å². The number of aliphatic hydroxyl groups is 3. The van der Waals surface area contributed by atoms with Gasteiger partial charge in [-0.3, -0.25) is 4.57 Å². The van der Waals surface area contributed by atoms with Crippen LogP contribution >= 0.6 is 0 Å². The third kappa shape index (κ3) is 3.27. The van der Waals surface area contributed by atoms with Crippen LogP contribution < -0.4 is 5.32 Å². The Hall–Kier alpha value is -3.19. The highest BCUT2D eigenvalue weighted by Crippen LogP contribution is 2.34. The number of hydrogen-bond acceptors (Lipinski definition) is 11. The van der Waals surface area contributed by atoms with E-state index in [1.807, 2.05) is 0 Å². The Balaban J connectivity index is 1.62. The molecule has 12 heteroatoms. The zero-order valence-electron chi connectivity index (χ0n) is 14.9. The van der Waals surface area contributed by atoms with Crippen LogP contribution in [0, 0.1) is 0 Å². The van der Waals surface area contributed by atoms with Crippen LogP contribution in [0.2, 0.25) is 0 Å². The van der Waals surface area contributed by atoms with Gasteiger partial charge in [0.15, 0.2) is 23.2 Å². The Kier molecular flexibility index (Phi) is 4.84. The number of hydrogen-bond donors (Lipinski definition) is 7. The van der Waals surface area contributed by atoms with Gasteiger partial charge in [0.05, 0.1) is 18.5 Å². The van der Waals surface area contributed by atoms with E-state index in [4.69, 9.17) is 4.74 Å². The molecule has 1 aliphatic heterocycles. The molecule has 1 saturated heterocycles. The van der Waals surface area contributed by atoms with E-state index in [9.17, 15) is 30.6 Å². The smallest absolute Gasteiger partial charge is 0.167 e. The maximum absolute atomic E-state index is 10.2. The Morgan fingerprint density at radius 1 is 1.03 bits per heavy atom. The van der Waals surface area contributed by atoms with Crippen molar-refractivity contribution in [2.24, 2.45) is 0 Å². The summed E-state index contributed by atoms with van der Waals surface area (Å²) >= 11 is 0. The zero-order valence-corrected chi connectivity index (χ0v) is 14.9. The van der Waals surface area contributed by atoms with E-state index in [0.717, 1.165) is 12.1 Å². The molecule has 2 aromatic heterocycles. The predicted octanol–water partition coefficient (Wildman–Crippen LogP) is -0.833. The number of benzene rings is 1. The monoisotopic (exact) mass is 405 g/mol. The number of aromatic nitrogens is 4. The van der Waals surface area contributed by atoms with Crippen molar-refractivity contribution < 1.29 is 35.4 Å². The normalized spacial score (nSPS) is 24.2. The second kappa shape index (κ2) is 7.33. The van der Waals surface area contributed by atoms with Crippen molar-refractivity contribution in [2.75, 3.05) is 11.9 Å². The third-order valence-electron chi connectivity index (χ3n) is 4.77. The maximum Gasteiger partial charge on any atom is 0.167 e. The standard InChI is InChI=1S/C17H19N5O7/c23-4-11-13(27)14(28)17(29-11)22-6-21-12-15(19-5-20-16(12)22)18-3-8-9(25)1-7(24)2-10(8)26/h1-2,5-6,11,13-14,17,23-28H,3-4H2,(H,18,19,20)/t11-,13-,14-,17-/m1/s1. The number of rotatable bonds is 5. The van der Waals surface area contributed by atoms with Crippen LogP contribution in [-0.4, -0.2) is 75.1 Å². The van der Waals surface area contributed by atoms with E-state index in [1.165, 1.54) is 17.2 Å². The van der Waals surface area contributed by atoms with Crippen molar-refractivity contribution in [2.45, 2.75) is 31.1 Å². The molecule has 4 atom stereocenters. The number of nitrogens with one attached hydrogen (secondary N) is 1. The molecule has 0 saturated carbocycles. The van der Waals surface area contributed by atoms with Gasteiger partial charge in [0, 0.05) is 18.7 Å². The molecule has 1 fully saturated rings. The van der Waals surface area contributed by atoms with E-state index in [1.54, 1.807) is 0 Å². The van der Waals surface area contributed by atoms with Crippen LogP contribution in [0.3, 0.4) is 0 Å². The lowest BCUT2D eigenvalue weighted by atomic mass is 10.1. The van der Waals surface area contributed by atoms with Crippen molar-refractivity contribution in [3.8, 4) is 17.2 Å². The summed E-state index contributed by atoms with van der Waals surface area (Å²) in [6, 6.07) is 2.20. The SMILES string of the molecule is OC[C@H]1O[C@@H](n2cnc3c(NCc4c(O)cc(O)cc4O)ncnc32)[C@H](O)[C@@H]1O. The number of nitrogens with zero attached hydrogens (tertiary/aromatic N) is 4. The molecule has 3 heterocycles. The Morgan fingerprint density at radius 3 is 2.41 bits per heavy atom. The fourth-order valence-corrected chi connectivity index (χ4v) is 3.26. The summed E-state index contributed by atoms with van der Waals surface area (Å²) in [6.07, 6.45) is -1.88. The number of anilines is 1. The molecule has 0 unspecified atom stereocenters. The summed E-state index contributed by atoms with van der Waals surface area (Å²) in [5, 5.41) is 61.6. The van der Waals surface area contributed by atoms with Crippen molar-refractivity contribution in [1.29, 1.82) is 0 Å². The van der Waals surface area contributed by atoms with Crippen LogP contribution in [0.4, 0.5) is 5.82 Å². The molecular formula is C17H19N5O7. The molecule has 4 rings (SSSR count). The largest absolute Gasteiger partial charge is 0.508 e. The van der Waals surface area contributed by atoms with Crippen LogP contribution in [0.1, 0.15) is 11.8 Å². The number of ether oxygens (including phenoxy) is 1. The topological polar surface area (TPSA) is 186 Å². The van der Waals surface area contributed by atoms with Crippen LogP contribution in [0.5, 0.6) is 17.2 Å². The maximum atomic E-state index is 10.2. The minimum atomic E-state index is -1.29. The lowest BCUT2D eigenvalue weighted by molar-refractivity contribution is -0.0511. The van der Waals surface area contributed by atoms with Crippen LogP contribution in [-0.2, 0) is 11.3 Å². The number of aliphatic hydroxyl groups excluding tert-OH is 3. The molecule has 1 aromatic carbocycles. The molecule has 154 valence electrons. The van der Waals surface area contributed by atoms with Crippen LogP contribution in [0.25, 0.3) is 11.2 Å². The summed E-state index contributed by atoms with van der Waals surface area (Å²) in [5.74, 6) is -0.576. The summed E-state index contributed by atoms with van der Waals surface area (Å²) in [5.41, 5.74) is 0.775. The Bertz CT molecular complexity index is 1020. The van der Waals surface area contributed by atoms with Crippen molar-refractivity contribution >= 4 is 17.0 Å². The van der Waals surface area contributed by atoms with Gasteiger partial charge < -0.3 is 40.7 Å². The van der Waals surface area contributed by atoms with Gasteiger partial charge in [0.25, 0.3) is 0 Å². The van der Waals surface area contributed by atoms with Gasteiger partial charge in [-0.05, 0) is 0 Å². The Labute approximate surface area is 163 Å². The predicted molar refractivity (Wildman–Crippen MR) is 97.1 cm³/mol. The second-order valence-electron chi connectivity index (χ2n) is 6.59. The number of fused-ring (bicyclic) bond motifs is 1.